The van der Waals surface area contributed by atoms with E-state index in [0.717, 1.165) is 0 Å². The van der Waals surface area contributed by atoms with Crippen molar-refractivity contribution in [2.24, 2.45) is 0 Å². The van der Waals surface area contributed by atoms with Crippen LogP contribution in [0.5, 0.6) is 0 Å². The summed E-state index contributed by atoms with van der Waals surface area (Å²) >= 11 is 4.19. The quantitative estimate of drug-likeness (QED) is 0.441. The van der Waals surface area contributed by atoms with Crippen LogP contribution in [0.3, 0.4) is 0 Å². The molecule has 0 rings (SSSR count). The van der Waals surface area contributed by atoms with Gasteiger partial charge in [-0.05, 0) is 20.8 Å². The van der Waals surface area contributed by atoms with Crippen LogP contribution in [0.15, 0.2) is 0 Å². The Morgan fingerprint density at radius 1 is 0.667 bits per heavy atom. The maximum Gasteiger partial charge on any atom is 0.678 e. The van der Waals surface area contributed by atoms with Crippen LogP contribution in [0.25, 0.3) is 0 Å². The van der Waals surface area contributed by atoms with Crippen LogP contribution in [0.1, 0.15) is 20.8 Å². The van der Waals surface area contributed by atoms with Gasteiger partial charge in [-0.1, -0.05) is 0 Å². The van der Waals surface area contributed by atoms with Gasteiger partial charge in [0.1, 0.15) is 0 Å². The summed E-state index contributed by atoms with van der Waals surface area (Å²) in [6.45, 7) is 7.65. The maximum absolute atomic E-state index is 5.48. The summed E-state index contributed by atoms with van der Waals surface area (Å²) in [6.07, 6.45) is 0. The zero-order valence-corrected chi connectivity index (χ0v) is 17.0. The molecule has 0 amide bonds. The molecule has 0 aliphatic rings. The van der Waals surface area contributed by atoms with E-state index < -0.39 is 17.9 Å². The SMILES string of the molecule is CCO[Si](CS)(OCC)OCC.CO[Si](OC)(OC)OC. The minimum absolute atomic E-state index is 0.544. The molecule has 0 heterocycles. The molecular formula is C11H30O7SSi2. The maximum atomic E-state index is 5.48. The fourth-order valence-electron chi connectivity index (χ4n) is 1.42. The van der Waals surface area contributed by atoms with Crippen molar-refractivity contribution >= 4 is 30.5 Å². The topological polar surface area (TPSA) is 64.6 Å². The first-order valence-corrected chi connectivity index (χ1v) is 10.9. The fraction of sp³-hybridized carbons (Fsp3) is 1.00. The van der Waals surface area contributed by atoms with Crippen molar-refractivity contribution in [1.29, 1.82) is 0 Å². The Morgan fingerprint density at radius 2 is 0.952 bits per heavy atom. The number of hydrogen-bond donors (Lipinski definition) is 1. The number of rotatable bonds is 11. The Labute approximate surface area is 136 Å². The van der Waals surface area contributed by atoms with E-state index in [1.807, 2.05) is 20.8 Å². The number of thiol groups is 1. The zero-order valence-electron chi connectivity index (χ0n) is 14.1. The van der Waals surface area contributed by atoms with E-state index in [-0.39, 0.29) is 0 Å². The molecule has 0 saturated carbocycles. The third kappa shape index (κ3) is 9.28. The monoisotopic (exact) mass is 362 g/mol. The lowest BCUT2D eigenvalue weighted by atomic mass is 10.9. The van der Waals surface area contributed by atoms with E-state index in [1.165, 1.54) is 28.4 Å². The lowest BCUT2D eigenvalue weighted by Crippen LogP contribution is -2.48. The van der Waals surface area contributed by atoms with E-state index in [9.17, 15) is 0 Å². The van der Waals surface area contributed by atoms with Crippen LogP contribution in [0, 0.1) is 0 Å². The largest absolute Gasteiger partial charge is 0.678 e. The molecule has 10 heteroatoms. The first-order chi connectivity index (χ1) is 9.99. The van der Waals surface area contributed by atoms with Crippen LogP contribution in [-0.4, -0.2) is 71.5 Å². The predicted molar refractivity (Wildman–Crippen MR) is 88.3 cm³/mol. The van der Waals surface area contributed by atoms with Crippen LogP contribution in [-0.2, 0) is 31.0 Å². The second-order valence-corrected chi connectivity index (χ2v) is 9.59. The van der Waals surface area contributed by atoms with Gasteiger partial charge in [0.25, 0.3) is 0 Å². The Morgan fingerprint density at radius 3 is 1.05 bits per heavy atom. The van der Waals surface area contributed by atoms with Gasteiger partial charge in [-0.2, -0.15) is 12.6 Å². The van der Waals surface area contributed by atoms with Crippen molar-refractivity contribution in [2.75, 3.05) is 53.6 Å². The second kappa shape index (κ2) is 14.1. The first-order valence-electron chi connectivity index (χ1n) is 6.72. The molecule has 0 aliphatic carbocycles. The van der Waals surface area contributed by atoms with Crippen LogP contribution < -0.4 is 0 Å². The van der Waals surface area contributed by atoms with Crippen molar-refractivity contribution in [2.45, 2.75) is 20.8 Å². The molecule has 0 aromatic carbocycles. The average Bonchev–Trinajstić information content (AvgIpc) is 2.51. The molecule has 21 heavy (non-hydrogen) atoms. The first kappa shape index (κ1) is 23.8. The third-order valence-electron chi connectivity index (χ3n) is 2.29. The van der Waals surface area contributed by atoms with Gasteiger partial charge >= 0.3 is 17.9 Å². The molecule has 0 aromatic rings. The summed E-state index contributed by atoms with van der Waals surface area (Å²) in [7, 11) is 0.859. The highest BCUT2D eigenvalue weighted by Gasteiger charge is 2.40. The summed E-state index contributed by atoms with van der Waals surface area (Å²) in [5.41, 5.74) is 0. The van der Waals surface area contributed by atoms with Gasteiger partial charge in [-0.15, -0.1) is 0 Å². The Hall–Kier alpha value is 0.504. The van der Waals surface area contributed by atoms with E-state index in [0.29, 0.717) is 25.2 Å². The molecule has 0 fully saturated rings. The Kier molecular flexibility index (Phi) is 16.0. The molecular weight excluding hydrogens is 332 g/mol. The summed E-state index contributed by atoms with van der Waals surface area (Å²) in [5.74, 6) is 0. The average molecular weight is 363 g/mol. The second-order valence-electron chi connectivity index (χ2n) is 3.46. The van der Waals surface area contributed by atoms with Gasteiger partial charge in [0.15, 0.2) is 0 Å². The lowest BCUT2D eigenvalue weighted by molar-refractivity contribution is 0.0226. The number of hydrogen-bond acceptors (Lipinski definition) is 8. The highest BCUT2D eigenvalue weighted by atomic mass is 32.1. The molecule has 0 spiro atoms. The normalized spacial score (nSPS) is 12.0. The Bertz CT molecular complexity index is 198. The summed E-state index contributed by atoms with van der Waals surface area (Å²) in [6, 6.07) is 0. The Balaban J connectivity index is 0. The molecule has 0 N–H and O–H groups in total. The minimum atomic E-state index is -2.69. The summed E-state index contributed by atoms with van der Waals surface area (Å²) in [4.78, 5) is 0. The van der Waals surface area contributed by atoms with Crippen molar-refractivity contribution in [1.82, 2.24) is 0 Å². The van der Waals surface area contributed by atoms with E-state index in [4.69, 9.17) is 31.0 Å². The van der Waals surface area contributed by atoms with E-state index in [1.54, 1.807) is 0 Å². The van der Waals surface area contributed by atoms with Crippen molar-refractivity contribution in [3.05, 3.63) is 0 Å². The van der Waals surface area contributed by atoms with Gasteiger partial charge in [-0.3, -0.25) is 0 Å². The summed E-state index contributed by atoms with van der Waals surface area (Å²) < 4.78 is 35.9. The van der Waals surface area contributed by atoms with Crippen molar-refractivity contribution < 1.29 is 31.0 Å². The molecule has 0 atom stereocenters. The molecule has 130 valence electrons. The highest BCUT2D eigenvalue weighted by molar-refractivity contribution is 7.82. The zero-order chi connectivity index (χ0) is 16.8. The summed E-state index contributed by atoms with van der Waals surface area (Å²) in [5, 5.41) is 0.544. The lowest BCUT2D eigenvalue weighted by Gasteiger charge is -2.26. The van der Waals surface area contributed by atoms with Crippen LogP contribution >= 0.6 is 12.6 Å². The van der Waals surface area contributed by atoms with Crippen LogP contribution in [0.4, 0.5) is 0 Å². The smallest absolute Gasteiger partial charge is 0.373 e. The third-order valence-corrected chi connectivity index (χ3v) is 8.02. The molecule has 0 unspecified atom stereocenters. The van der Waals surface area contributed by atoms with Crippen molar-refractivity contribution in [3.63, 3.8) is 0 Å². The van der Waals surface area contributed by atoms with Gasteiger partial charge < -0.3 is 31.0 Å². The van der Waals surface area contributed by atoms with Gasteiger partial charge in [0, 0.05) is 48.3 Å². The molecule has 0 aromatic heterocycles. The van der Waals surface area contributed by atoms with Crippen molar-refractivity contribution in [3.8, 4) is 0 Å². The molecule has 7 nitrogen and oxygen atoms in total. The molecule has 0 aliphatic heterocycles. The minimum Gasteiger partial charge on any atom is -0.373 e. The predicted octanol–water partition coefficient (Wildman–Crippen LogP) is 1.51. The van der Waals surface area contributed by atoms with Gasteiger partial charge in [-0.25, -0.2) is 0 Å². The van der Waals surface area contributed by atoms with Crippen LogP contribution in [0.2, 0.25) is 0 Å². The molecule has 0 bridgehead atoms. The molecule has 0 saturated heterocycles. The standard InChI is InChI=1S/C7H18O3SSi.C4H12O4Si/c1-4-8-12(7-11,9-5-2)10-6-3;1-5-9(6-2,7-3)8-4/h11H,4-7H2,1-3H3;1-4H3. The van der Waals surface area contributed by atoms with Gasteiger partial charge in [0.05, 0.1) is 5.38 Å². The highest BCUT2D eigenvalue weighted by Crippen LogP contribution is 2.11. The van der Waals surface area contributed by atoms with Gasteiger partial charge in [0.2, 0.25) is 0 Å². The van der Waals surface area contributed by atoms with E-state index >= 15 is 0 Å². The fourth-order valence-corrected chi connectivity index (χ4v) is 5.09. The van der Waals surface area contributed by atoms with E-state index in [2.05, 4.69) is 12.6 Å². The molecule has 0 radical (unpaired) electrons.